The van der Waals surface area contributed by atoms with Gasteiger partial charge >= 0.3 is 0 Å². The molecule has 12 rings (SSSR count). The van der Waals surface area contributed by atoms with E-state index in [2.05, 4.69) is 291 Å². The number of nitrogens with zero attached hydrogens (tertiary/aromatic N) is 2. The van der Waals surface area contributed by atoms with Gasteiger partial charge in [-0.2, -0.15) is 0 Å². The van der Waals surface area contributed by atoms with E-state index in [1.807, 2.05) is 0 Å². The van der Waals surface area contributed by atoms with Crippen LogP contribution in [0.5, 0.6) is 0 Å². The number of benzene rings is 8. The molecular formula is C76H80N2. The van der Waals surface area contributed by atoms with E-state index in [4.69, 9.17) is 0 Å². The Morgan fingerprint density at radius 2 is 0.577 bits per heavy atom. The predicted molar refractivity (Wildman–Crippen MR) is 336 cm³/mol. The SMILES string of the molecule is Cc1c(-c2ccc(C(C)(C)C)cc2)c2cc(C(C)(C)C)ccc2n1-c1ccc2c(c1)C(C)(C)c1cc(-c3ccc4c(c3)C(C)(C)c3cc(-n5c(C)c(-c6ccc(C(C)(C)C)cc6)c6cc(C(C)(C)C)ccc65)ccc3-4)ccc1-2. The van der Waals surface area contributed by atoms with Crippen molar-refractivity contribution in [3.05, 3.63) is 214 Å². The lowest BCUT2D eigenvalue weighted by Crippen LogP contribution is -2.16. The van der Waals surface area contributed by atoms with Crippen LogP contribution in [-0.2, 0) is 32.5 Å². The van der Waals surface area contributed by atoms with Crippen molar-refractivity contribution in [1.82, 2.24) is 9.13 Å². The topological polar surface area (TPSA) is 9.86 Å². The number of hydrogen-bond donors (Lipinski definition) is 0. The maximum Gasteiger partial charge on any atom is 0.0538 e. The Bertz CT molecular complexity index is 3820. The number of aromatic nitrogens is 2. The Morgan fingerprint density at radius 1 is 0.295 bits per heavy atom. The zero-order valence-corrected chi connectivity index (χ0v) is 49.9. The van der Waals surface area contributed by atoms with Gasteiger partial charge in [-0.15, -0.1) is 0 Å². The quantitative estimate of drug-likeness (QED) is 0.163. The van der Waals surface area contributed by atoms with Crippen LogP contribution in [0.2, 0.25) is 0 Å². The molecule has 394 valence electrons. The van der Waals surface area contributed by atoms with Crippen molar-refractivity contribution in [2.24, 2.45) is 0 Å². The maximum atomic E-state index is 2.52. The molecule has 2 aromatic heterocycles. The summed E-state index contributed by atoms with van der Waals surface area (Å²) < 4.78 is 5.03. The van der Waals surface area contributed by atoms with Gasteiger partial charge in [0.1, 0.15) is 0 Å². The highest BCUT2D eigenvalue weighted by Gasteiger charge is 2.39. The standard InChI is InChI=1S/C76H80N2/c1-45-69(47-19-25-51(26-20-47)71(3,4)5)61-41-53(73(9,10)11)29-37-67(61)77(45)55-31-35-59-57-33-23-49(39-63(57)75(15,16)65(59)43-55)50-24-34-58-60-36-32-56(44-66(60)76(17,18)64(58)40-50)78-46(2)70(48-21-27-52(28-22-48)72(6,7)8)62-42-54(74(12,13)14)30-38-68(62)78/h19-44H,1-18H3. The largest absolute Gasteiger partial charge is 0.313 e. The molecule has 2 heteroatoms. The molecule has 0 radical (unpaired) electrons. The third-order valence-corrected chi connectivity index (χ3v) is 18.4. The summed E-state index contributed by atoms with van der Waals surface area (Å²) in [4.78, 5) is 0. The summed E-state index contributed by atoms with van der Waals surface area (Å²) in [7, 11) is 0. The molecule has 0 unspecified atom stereocenters. The highest BCUT2D eigenvalue weighted by Crippen LogP contribution is 2.54. The van der Waals surface area contributed by atoms with Gasteiger partial charge in [-0.05, 0) is 185 Å². The van der Waals surface area contributed by atoms with Gasteiger partial charge in [-0.3, -0.25) is 0 Å². The molecule has 2 heterocycles. The molecule has 2 nitrogen and oxygen atoms in total. The molecule has 78 heavy (non-hydrogen) atoms. The lowest BCUT2D eigenvalue weighted by Gasteiger charge is -2.24. The van der Waals surface area contributed by atoms with Gasteiger partial charge in [-0.25, -0.2) is 0 Å². The van der Waals surface area contributed by atoms with E-state index in [-0.39, 0.29) is 32.5 Å². The molecule has 0 saturated heterocycles. The van der Waals surface area contributed by atoms with E-state index >= 15 is 0 Å². The molecule has 8 aromatic carbocycles. The van der Waals surface area contributed by atoms with E-state index in [1.165, 1.54) is 145 Å². The van der Waals surface area contributed by atoms with Crippen LogP contribution in [-0.4, -0.2) is 9.13 Å². The average Bonchev–Trinajstić information content (AvgIpc) is 4.22. The highest BCUT2D eigenvalue weighted by atomic mass is 15.0. The normalized spacial score (nSPS) is 14.7. The van der Waals surface area contributed by atoms with Crippen molar-refractivity contribution in [2.75, 3.05) is 0 Å². The Morgan fingerprint density at radius 3 is 0.897 bits per heavy atom. The molecule has 0 N–H and O–H groups in total. The zero-order valence-electron chi connectivity index (χ0n) is 49.9. The van der Waals surface area contributed by atoms with Gasteiger partial charge in [0.25, 0.3) is 0 Å². The van der Waals surface area contributed by atoms with Gasteiger partial charge in [0.15, 0.2) is 0 Å². The molecule has 2 aliphatic rings. The highest BCUT2D eigenvalue weighted by molar-refractivity contribution is 6.01. The van der Waals surface area contributed by atoms with Gasteiger partial charge in [-0.1, -0.05) is 208 Å². The zero-order chi connectivity index (χ0) is 55.6. The summed E-state index contributed by atoms with van der Waals surface area (Å²) in [5.41, 5.74) is 31.3. The second-order valence-electron chi connectivity index (χ2n) is 28.4. The van der Waals surface area contributed by atoms with E-state index in [0.29, 0.717) is 0 Å². The second-order valence-corrected chi connectivity index (χ2v) is 28.4. The summed E-state index contributed by atoms with van der Waals surface area (Å²) in [6.07, 6.45) is 0. The fraction of sp³-hybridized carbons (Fsp3) is 0.316. The van der Waals surface area contributed by atoms with Gasteiger partial charge in [0.2, 0.25) is 0 Å². The average molecular weight is 1020 g/mol. The summed E-state index contributed by atoms with van der Waals surface area (Å²) in [6, 6.07) is 61.9. The molecule has 0 bridgehead atoms. The molecular weight excluding hydrogens is 941 g/mol. The number of fused-ring (bicyclic) bond motifs is 8. The number of rotatable bonds is 5. The van der Waals surface area contributed by atoms with Crippen LogP contribution in [0, 0.1) is 13.8 Å². The molecule has 0 atom stereocenters. The molecule has 0 aliphatic heterocycles. The van der Waals surface area contributed by atoms with Gasteiger partial charge in [0.05, 0.1) is 11.0 Å². The van der Waals surface area contributed by atoms with E-state index in [9.17, 15) is 0 Å². The molecule has 0 amide bonds. The lowest BCUT2D eigenvalue weighted by molar-refractivity contribution is 0.590. The van der Waals surface area contributed by atoms with E-state index in [1.54, 1.807) is 0 Å². The Labute approximate surface area is 466 Å². The Hall–Kier alpha value is -7.16. The van der Waals surface area contributed by atoms with Gasteiger partial charge in [0, 0.05) is 55.5 Å². The second kappa shape index (κ2) is 17.2. The first-order valence-electron chi connectivity index (χ1n) is 28.7. The molecule has 0 spiro atoms. The van der Waals surface area contributed by atoms with Crippen molar-refractivity contribution < 1.29 is 0 Å². The van der Waals surface area contributed by atoms with Crippen LogP contribution in [0.15, 0.2) is 158 Å². The fourth-order valence-electron chi connectivity index (χ4n) is 13.5. The van der Waals surface area contributed by atoms with Crippen LogP contribution >= 0.6 is 0 Å². The van der Waals surface area contributed by atoms with Crippen LogP contribution in [0.3, 0.4) is 0 Å². The first-order chi connectivity index (χ1) is 36.5. The van der Waals surface area contributed by atoms with Crippen LogP contribution < -0.4 is 0 Å². The summed E-state index contributed by atoms with van der Waals surface area (Å²) >= 11 is 0. The van der Waals surface area contributed by atoms with Crippen molar-refractivity contribution >= 4 is 21.8 Å². The van der Waals surface area contributed by atoms with Gasteiger partial charge < -0.3 is 9.13 Å². The van der Waals surface area contributed by atoms with E-state index in [0.717, 1.165) is 0 Å². The van der Waals surface area contributed by atoms with E-state index < -0.39 is 0 Å². The molecule has 10 aromatic rings. The third-order valence-electron chi connectivity index (χ3n) is 18.4. The van der Waals surface area contributed by atoms with Crippen molar-refractivity contribution in [1.29, 1.82) is 0 Å². The Balaban J connectivity index is 0.895. The van der Waals surface area contributed by atoms with Crippen LogP contribution in [0.1, 0.15) is 167 Å². The minimum atomic E-state index is -0.202. The third kappa shape index (κ3) is 8.01. The minimum absolute atomic E-state index is 0.0344. The smallest absolute Gasteiger partial charge is 0.0538 e. The first-order valence-corrected chi connectivity index (χ1v) is 28.7. The maximum absolute atomic E-state index is 2.52. The molecule has 0 saturated carbocycles. The molecule has 2 aliphatic carbocycles. The summed E-state index contributed by atoms with van der Waals surface area (Å²) in [5.74, 6) is 0. The van der Waals surface area contributed by atoms with Crippen LogP contribution in [0.4, 0.5) is 0 Å². The lowest BCUT2D eigenvalue weighted by atomic mass is 9.80. The predicted octanol–water partition coefficient (Wildman–Crippen LogP) is 21.0. The summed E-state index contributed by atoms with van der Waals surface area (Å²) in [5, 5.41) is 2.62. The minimum Gasteiger partial charge on any atom is -0.313 e. The van der Waals surface area contributed by atoms with Crippen molar-refractivity contribution in [3.63, 3.8) is 0 Å². The summed E-state index contributed by atoms with van der Waals surface area (Å²) in [6.45, 7) is 42.0. The first kappa shape index (κ1) is 51.6. The number of hydrogen-bond acceptors (Lipinski definition) is 0. The monoisotopic (exact) mass is 1020 g/mol. The van der Waals surface area contributed by atoms with Crippen molar-refractivity contribution in [3.8, 4) is 67.0 Å². The van der Waals surface area contributed by atoms with Crippen LogP contribution in [0.25, 0.3) is 88.8 Å². The van der Waals surface area contributed by atoms with Crippen molar-refractivity contribution in [2.45, 2.75) is 157 Å². The molecule has 0 fully saturated rings. The fourth-order valence-corrected chi connectivity index (χ4v) is 13.5. The Kier molecular flexibility index (Phi) is 11.4.